The average Bonchev–Trinajstić information content (AvgIpc) is 3.16. The quantitative estimate of drug-likeness (QED) is 0.599. The van der Waals surface area contributed by atoms with E-state index in [2.05, 4.69) is 15.6 Å². The Hall–Kier alpha value is -2.18. The number of sulfonamides is 1. The van der Waals surface area contributed by atoms with E-state index < -0.39 is 22.1 Å². The Morgan fingerprint density at radius 3 is 2.43 bits per heavy atom. The summed E-state index contributed by atoms with van der Waals surface area (Å²) >= 11 is 1.08. The van der Waals surface area contributed by atoms with Crippen LogP contribution in [0.25, 0.3) is 10.4 Å². The lowest BCUT2D eigenvalue weighted by atomic mass is 9.96. The standard InChI is InChI=1S/C18H21F3N4O3S2/c19-18(20,21)30(27,28)23-11-16-22-10-15(29-16)12-6-8-14(9-7-12)25-17(26)24-13-4-2-1-3-5-13/h6-10,13,23H,1-5,11H2,(H2,24,25,26). The first-order valence-corrected chi connectivity index (χ1v) is 11.6. The molecule has 1 aliphatic rings. The molecule has 2 aromatic rings. The Balaban J connectivity index is 1.55. The number of carbonyl (C=O) groups excluding carboxylic acids is 1. The van der Waals surface area contributed by atoms with Gasteiger partial charge in [0.1, 0.15) is 5.01 Å². The number of carbonyl (C=O) groups is 1. The molecule has 0 radical (unpaired) electrons. The SMILES string of the molecule is O=C(Nc1ccc(-c2cnc(CNS(=O)(=O)C(F)(F)F)s2)cc1)NC1CCCCC1. The molecule has 0 aliphatic heterocycles. The van der Waals surface area contributed by atoms with Crippen molar-refractivity contribution in [3.05, 3.63) is 35.5 Å². The maximum atomic E-state index is 12.4. The van der Waals surface area contributed by atoms with Crippen LogP contribution in [0.4, 0.5) is 23.7 Å². The van der Waals surface area contributed by atoms with E-state index in [1.165, 1.54) is 17.3 Å². The van der Waals surface area contributed by atoms with Crippen LogP contribution in [0, 0.1) is 0 Å². The Kier molecular flexibility index (Phi) is 6.98. The van der Waals surface area contributed by atoms with Crippen LogP contribution in [0.3, 0.4) is 0 Å². The molecule has 0 spiro atoms. The molecule has 1 aromatic heterocycles. The first kappa shape index (κ1) is 22.5. The molecule has 3 rings (SSSR count). The highest BCUT2D eigenvalue weighted by Crippen LogP contribution is 2.28. The Morgan fingerprint density at radius 2 is 1.80 bits per heavy atom. The molecule has 1 heterocycles. The monoisotopic (exact) mass is 462 g/mol. The molecule has 1 fully saturated rings. The molecular weight excluding hydrogens is 441 g/mol. The zero-order valence-corrected chi connectivity index (χ0v) is 17.5. The van der Waals surface area contributed by atoms with Crippen molar-refractivity contribution in [3.63, 3.8) is 0 Å². The lowest BCUT2D eigenvalue weighted by molar-refractivity contribution is -0.0448. The van der Waals surface area contributed by atoms with Gasteiger partial charge in [0.05, 0.1) is 11.4 Å². The second-order valence-corrected chi connectivity index (χ2v) is 9.77. The number of hydrogen-bond donors (Lipinski definition) is 3. The van der Waals surface area contributed by atoms with Crippen LogP contribution < -0.4 is 15.4 Å². The van der Waals surface area contributed by atoms with E-state index in [0.29, 0.717) is 10.6 Å². The fraction of sp³-hybridized carbons (Fsp3) is 0.444. The molecule has 1 aromatic carbocycles. The van der Waals surface area contributed by atoms with Gasteiger partial charge in [-0.3, -0.25) is 0 Å². The number of amides is 2. The van der Waals surface area contributed by atoms with Crippen LogP contribution in [-0.4, -0.2) is 31.0 Å². The second-order valence-electron chi connectivity index (χ2n) is 6.90. The van der Waals surface area contributed by atoms with Crippen molar-refractivity contribution in [2.75, 3.05) is 5.32 Å². The Bertz CT molecular complexity index is 969. The van der Waals surface area contributed by atoms with Gasteiger partial charge in [-0.2, -0.15) is 13.2 Å². The third kappa shape index (κ3) is 5.92. The third-order valence-corrected chi connectivity index (χ3v) is 6.82. The second kappa shape index (κ2) is 9.31. The number of urea groups is 1. The molecule has 12 heteroatoms. The largest absolute Gasteiger partial charge is 0.511 e. The average molecular weight is 463 g/mol. The number of thiazole rings is 1. The minimum Gasteiger partial charge on any atom is -0.335 e. The number of nitrogens with one attached hydrogen (secondary N) is 3. The molecule has 164 valence electrons. The van der Waals surface area contributed by atoms with Crippen LogP contribution in [0.1, 0.15) is 37.1 Å². The number of alkyl halides is 3. The molecule has 0 saturated heterocycles. The summed E-state index contributed by atoms with van der Waals surface area (Å²) < 4.78 is 60.7. The van der Waals surface area contributed by atoms with E-state index in [1.807, 2.05) is 0 Å². The van der Waals surface area contributed by atoms with Gasteiger partial charge in [0.25, 0.3) is 0 Å². The van der Waals surface area contributed by atoms with Gasteiger partial charge in [-0.25, -0.2) is 22.9 Å². The van der Waals surface area contributed by atoms with E-state index in [4.69, 9.17) is 0 Å². The van der Waals surface area contributed by atoms with Crippen LogP contribution in [0.5, 0.6) is 0 Å². The zero-order chi connectivity index (χ0) is 21.8. The normalized spacial score (nSPS) is 15.7. The van der Waals surface area contributed by atoms with E-state index in [9.17, 15) is 26.4 Å². The van der Waals surface area contributed by atoms with E-state index >= 15 is 0 Å². The summed E-state index contributed by atoms with van der Waals surface area (Å²) in [5.74, 6) is 0. The maximum Gasteiger partial charge on any atom is 0.511 e. The van der Waals surface area contributed by atoms with Gasteiger partial charge in [-0.15, -0.1) is 11.3 Å². The number of aromatic nitrogens is 1. The number of anilines is 1. The van der Waals surface area contributed by atoms with Gasteiger partial charge in [-0.1, -0.05) is 31.4 Å². The van der Waals surface area contributed by atoms with Crippen molar-refractivity contribution in [2.45, 2.75) is 50.2 Å². The van der Waals surface area contributed by atoms with Crippen LogP contribution in [-0.2, 0) is 16.6 Å². The van der Waals surface area contributed by atoms with Crippen LogP contribution in [0.2, 0.25) is 0 Å². The number of nitrogens with zero attached hydrogens (tertiary/aromatic N) is 1. The number of hydrogen-bond acceptors (Lipinski definition) is 5. The van der Waals surface area contributed by atoms with Crippen LogP contribution in [0.15, 0.2) is 30.5 Å². The lowest BCUT2D eigenvalue weighted by Gasteiger charge is -2.22. The van der Waals surface area contributed by atoms with E-state index in [1.54, 1.807) is 24.3 Å². The number of rotatable bonds is 6. The first-order valence-electron chi connectivity index (χ1n) is 9.33. The smallest absolute Gasteiger partial charge is 0.335 e. The third-order valence-electron chi connectivity index (χ3n) is 4.64. The van der Waals surface area contributed by atoms with Crippen molar-refractivity contribution in [2.24, 2.45) is 0 Å². The van der Waals surface area contributed by atoms with Gasteiger partial charge < -0.3 is 10.6 Å². The molecule has 30 heavy (non-hydrogen) atoms. The summed E-state index contributed by atoms with van der Waals surface area (Å²) in [5, 5.41) is 5.94. The topological polar surface area (TPSA) is 100 Å². The summed E-state index contributed by atoms with van der Waals surface area (Å²) in [5.41, 5.74) is -4.01. The summed E-state index contributed by atoms with van der Waals surface area (Å²) in [6.07, 6.45) is 6.87. The Morgan fingerprint density at radius 1 is 1.13 bits per heavy atom. The minimum atomic E-state index is -5.41. The zero-order valence-electron chi connectivity index (χ0n) is 15.8. The minimum absolute atomic E-state index is 0.198. The molecule has 1 aliphatic carbocycles. The van der Waals surface area contributed by atoms with Gasteiger partial charge in [0.2, 0.25) is 0 Å². The van der Waals surface area contributed by atoms with Crippen LogP contribution >= 0.6 is 11.3 Å². The van der Waals surface area contributed by atoms with Gasteiger partial charge >= 0.3 is 21.6 Å². The highest BCUT2D eigenvalue weighted by atomic mass is 32.2. The molecule has 1 saturated carbocycles. The number of halogens is 3. The Labute approximate surface area is 176 Å². The molecular formula is C18H21F3N4O3S2. The summed E-state index contributed by atoms with van der Waals surface area (Å²) in [7, 11) is -5.41. The first-order chi connectivity index (χ1) is 14.1. The molecule has 2 amide bonds. The predicted molar refractivity (Wildman–Crippen MR) is 108 cm³/mol. The summed E-state index contributed by atoms with van der Waals surface area (Å²) in [4.78, 5) is 16.7. The lowest BCUT2D eigenvalue weighted by Crippen LogP contribution is -2.38. The molecule has 3 N–H and O–H groups in total. The fourth-order valence-electron chi connectivity index (χ4n) is 3.08. The van der Waals surface area contributed by atoms with E-state index in [0.717, 1.165) is 42.6 Å². The predicted octanol–water partition coefficient (Wildman–Crippen LogP) is 4.20. The molecule has 0 bridgehead atoms. The van der Waals surface area contributed by atoms with Gasteiger partial charge in [-0.05, 0) is 30.5 Å². The van der Waals surface area contributed by atoms with Crippen molar-refractivity contribution in [1.82, 2.24) is 15.0 Å². The number of benzene rings is 1. The highest BCUT2D eigenvalue weighted by molar-refractivity contribution is 7.90. The summed E-state index contributed by atoms with van der Waals surface area (Å²) in [6.45, 7) is -0.548. The fourth-order valence-corrected chi connectivity index (χ4v) is 4.53. The van der Waals surface area contributed by atoms with Crippen molar-refractivity contribution in [3.8, 4) is 10.4 Å². The molecule has 7 nitrogen and oxygen atoms in total. The van der Waals surface area contributed by atoms with Gasteiger partial charge in [0, 0.05) is 17.9 Å². The molecule has 0 atom stereocenters. The molecule has 0 unspecified atom stereocenters. The van der Waals surface area contributed by atoms with Crippen molar-refractivity contribution >= 4 is 33.1 Å². The maximum absolute atomic E-state index is 12.4. The van der Waals surface area contributed by atoms with Gasteiger partial charge in [0.15, 0.2) is 0 Å². The van der Waals surface area contributed by atoms with Crippen molar-refractivity contribution in [1.29, 1.82) is 0 Å². The van der Waals surface area contributed by atoms with E-state index in [-0.39, 0.29) is 17.1 Å². The highest BCUT2D eigenvalue weighted by Gasteiger charge is 2.45. The van der Waals surface area contributed by atoms with Crippen molar-refractivity contribution < 1.29 is 26.4 Å². The summed E-state index contributed by atoms with van der Waals surface area (Å²) in [6, 6.07) is 6.85.